The summed E-state index contributed by atoms with van der Waals surface area (Å²) < 4.78 is 11.0. The summed E-state index contributed by atoms with van der Waals surface area (Å²) in [7, 11) is 0. The van der Waals surface area contributed by atoms with Gasteiger partial charge in [-0.3, -0.25) is 0 Å². The average molecular weight is 272 g/mol. The van der Waals surface area contributed by atoms with Gasteiger partial charge in [-0.25, -0.2) is 0 Å². The molecule has 2 aromatic rings. The monoisotopic (exact) mass is 272 g/mol. The van der Waals surface area contributed by atoms with E-state index in [0.717, 1.165) is 25.0 Å². The first-order chi connectivity index (χ1) is 9.79. The number of hydrogen-bond acceptors (Lipinski definition) is 5. The van der Waals surface area contributed by atoms with Gasteiger partial charge >= 0.3 is 0 Å². The molecular weight excluding hydrogens is 256 g/mol. The molecule has 1 saturated carbocycles. The highest BCUT2D eigenvalue weighted by molar-refractivity contribution is 5.37. The molecular formula is C15H16N2O3. The normalized spacial score (nSPS) is 22.4. The Kier molecular flexibility index (Phi) is 2.73. The van der Waals surface area contributed by atoms with E-state index < -0.39 is 0 Å². The highest BCUT2D eigenvalue weighted by Crippen LogP contribution is 2.36. The molecule has 0 bridgehead atoms. The molecule has 20 heavy (non-hydrogen) atoms. The number of rotatable bonds is 4. The quantitative estimate of drug-likeness (QED) is 0.922. The number of aliphatic hydroxyl groups is 1. The van der Waals surface area contributed by atoms with Crippen molar-refractivity contribution in [1.82, 2.24) is 10.1 Å². The Bertz CT molecular complexity index is 596. The number of benzene rings is 1. The second kappa shape index (κ2) is 4.59. The first-order valence-electron chi connectivity index (χ1n) is 7.05. The summed E-state index contributed by atoms with van der Waals surface area (Å²) in [6, 6.07) is 7.95. The summed E-state index contributed by atoms with van der Waals surface area (Å²) >= 11 is 0. The van der Waals surface area contributed by atoms with Gasteiger partial charge in [-0.05, 0) is 30.4 Å². The zero-order chi connectivity index (χ0) is 13.5. The fraction of sp³-hybridized carbons (Fsp3) is 0.467. The lowest BCUT2D eigenvalue weighted by Crippen LogP contribution is -2.13. The number of nitrogens with zero attached hydrogens (tertiary/aromatic N) is 2. The maximum atomic E-state index is 9.90. The minimum absolute atomic E-state index is 0.178. The number of ether oxygens (including phenoxy) is 1. The van der Waals surface area contributed by atoms with Crippen molar-refractivity contribution in [3.05, 3.63) is 41.5 Å². The van der Waals surface area contributed by atoms with Crippen LogP contribution in [0, 0.1) is 5.92 Å². The zero-order valence-electron chi connectivity index (χ0n) is 11.0. The molecule has 1 aliphatic carbocycles. The molecule has 104 valence electrons. The highest BCUT2D eigenvalue weighted by atomic mass is 16.5. The Morgan fingerprint density at radius 2 is 2.15 bits per heavy atom. The maximum absolute atomic E-state index is 9.90. The van der Waals surface area contributed by atoms with Gasteiger partial charge in [0.05, 0.1) is 12.5 Å². The highest BCUT2D eigenvalue weighted by Gasteiger charge is 2.32. The van der Waals surface area contributed by atoms with Gasteiger partial charge in [-0.1, -0.05) is 23.4 Å². The van der Waals surface area contributed by atoms with Crippen molar-refractivity contribution in [3.8, 4) is 5.75 Å². The molecule has 1 aromatic heterocycles. The molecule has 2 atom stereocenters. The smallest absolute Gasteiger partial charge is 0.229 e. The van der Waals surface area contributed by atoms with Crippen LogP contribution in [0.15, 0.2) is 28.8 Å². The molecule has 2 unspecified atom stereocenters. The molecule has 1 fully saturated rings. The molecule has 0 radical (unpaired) electrons. The summed E-state index contributed by atoms with van der Waals surface area (Å²) in [5, 5.41) is 13.9. The second-order valence-corrected chi connectivity index (χ2v) is 5.57. The van der Waals surface area contributed by atoms with E-state index in [1.54, 1.807) is 0 Å². The van der Waals surface area contributed by atoms with Crippen molar-refractivity contribution < 1.29 is 14.4 Å². The molecule has 1 aromatic carbocycles. The van der Waals surface area contributed by atoms with E-state index in [1.165, 1.54) is 5.56 Å². The Morgan fingerprint density at radius 1 is 1.30 bits per heavy atom. The van der Waals surface area contributed by atoms with Gasteiger partial charge in [0.15, 0.2) is 6.10 Å². The van der Waals surface area contributed by atoms with Crippen LogP contribution in [0.2, 0.25) is 0 Å². The third-order valence-corrected chi connectivity index (χ3v) is 3.97. The van der Waals surface area contributed by atoms with Gasteiger partial charge in [0, 0.05) is 6.42 Å². The Hall–Kier alpha value is -1.88. The van der Waals surface area contributed by atoms with E-state index in [1.807, 2.05) is 24.3 Å². The fourth-order valence-electron chi connectivity index (χ4n) is 2.63. The van der Waals surface area contributed by atoms with E-state index >= 15 is 0 Å². The topological polar surface area (TPSA) is 68.4 Å². The van der Waals surface area contributed by atoms with E-state index in [9.17, 15) is 5.11 Å². The summed E-state index contributed by atoms with van der Waals surface area (Å²) in [5.41, 5.74) is 1.17. The van der Waals surface area contributed by atoms with Crippen molar-refractivity contribution in [2.75, 3.05) is 0 Å². The average Bonchev–Trinajstić information content (AvgIpc) is 3.06. The first kappa shape index (κ1) is 11.9. The van der Waals surface area contributed by atoms with E-state index in [2.05, 4.69) is 10.1 Å². The molecule has 1 N–H and O–H groups in total. The van der Waals surface area contributed by atoms with E-state index in [4.69, 9.17) is 9.26 Å². The second-order valence-electron chi connectivity index (χ2n) is 5.57. The summed E-state index contributed by atoms with van der Waals surface area (Å²) in [6.45, 7) is 0. The van der Waals surface area contributed by atoms with E-state index in [0.29, 0.717) is 24.1 Å². The number of aliphatic hydroxyl groups excluding tert-OH is 1. The van der Waals surface area contributed by atoms with Crippen LogP contribution in [0.1, 0.15) is 36.2 Å². The van der Waals surface area contributed by atoms with Gasteiger partial charge in [-0.2, -0.15) is 4.98 Å². The largest absolute Gasteiger partial charge is 0.482 e. The number of fused-ring (bicyclic) bond motifs is 1. The van der Waals surface area contributed by atoms with Crippen molar-refractivity contribution >= 4 is 0 Å². The lowest BCUT2D eigenvalue weighted by molar-refractivity contribution is 0.140. The third-order valence-electron chi connectivity index (χ3n) is 3.97. The molecule has 4 rings (SSSR count). The van der Waals surface area contributed by atoms with E-state index in [-0.39, 0.29) is 12.2 Å². The minimum Gasteiger partial charge on any atom is -0.482 e. The summed E-state index contributed by atoms with van der Waals surface area (Å²) in [6.07, 6.45) is 2.87. The number of para-hydroxylation sites is 1. The maximum Gasteiger partial charge on any atom is 0.229 e. The van der Waals surface area contributed by atoms with Gasteiger partial charge in [-0.15, -0.1) is 0 Å². The lowest BCUT2D eigenvalue weighted by atomic mass is 10.1. The zero-order valence-corrected chi connectivity index (χ0v) is 11.0. The summed E-state index contributed by atoms with van der Waals surface area (Å²) in [4.78, 5) is 4.36. The van der Waals surface area contributed by atoms with Gasteiger partial charge in [0.1, 0.15) is 5.75 Å². The van der Waals surface area contributed by atoms with Crippen LogP contribution in [0.25, 0.3) is 0 Å². The predicted octanol–water partition coefficient (Wildman–Crippen LogP) is 2.06. The Balaban J connectivity index is 1.46. The lowest BCUT2D eigenvalue weighted by Gasteiger charge is -2.05. The third kappa shape index (κ3) is 2.18. The molecule has 0 saturated heterocycles. The Labute approximate surface area is 116 Å². The van der Waals surface area contributed by atoms with Gasteiger partial charge in [0.25, 0.3) is 0 Å². The molecule has 5 nitrogen and oxygen atoms in total. The molecule has 1 aliphatic heterocycles. The van der Waals surface area contributed by atoms with Gasteiger partial charge < -0.3 is 14.4 Å². The van der Waals surface area contributed by atoms with Crippen LogP contribution in [-0.2, 0) is 12.8 Å². The van der Waals surface area contributed by atoms with Gasteiger partial charge in [0.2, 0.25) is 11.7 Å². The number of aromatic nitrogens is 2. The van der Waals surface area contributed by atoms with Crippen molar-refractivity contribution in [1.29, 1.82) is 0 Å². The molecule has 0 amide bonds. The van der Waals surface area contributed by atoms with Crippen LogP contribution in [0.5, 0.6) is 5.75 Å². The molecule has 0 spiro atoms. The van der Waals surface area contributed by atoms with Crippen molar-refractivity contribution in [2.45, 2.75) is 37.9 Å². The standard InChI is InChI=1S/C15H16N2O3/c18-11(9-5-6-9)8-14-16-15(17-20-14)13-7-10-3-1-2-4-12(10)19-13/h1-4,9,11,13,18H,5-8H2. The molecule has 2 heterocycles. The minimum atomic E-state index is -0.356. The van der Waals surface area contributed by atoms with Crippen LogP contribution < -0.4 is 4.74 Å². The van der Waals surface area contributed by atoms with Crippen LogP contribution in [-0.4, -0.2) is 21.4 Å². The van der Waals surface area contributed by atoms with Crippen LogP contribution in [0.4, 0.5) is 0 Å². The SMILES string of the molecule is OC(Cc1nc(C2Cc3ccccc3O2)no1)C1CC1. The van der Waals surface area contributed by atoms with Crippen molar-refractivity contribution in [3.63, 3.8) is 0 Å². The predicted molar refractivity (Wildman–Crippen MR) is 70.2 cm³/mol. The molecule has 5 heteroatoms. The summed E-state index contributed by atoms with van der Waals surface area (Å²) in [5.74, 6) is 2.37. The Morgan fingerprint density at radius 3 is 2.95 bits per heavy atom. The fourth-order valence-corrected chi connectivity index (χ4v) is 2.63. The number of hydrogen-bond donors (Lipinski definition) is 1. The van der Waals surface area contributed by atoms with Crippen molar-refractivity contribution in [2.24, 2.45) is 5.92 Å². The van der Waals surface area contributed by atoms with Crippen LogP contribution in [0.3, 0.4) is 0 Å². The van der Waals surface area contributed by atoms with Crippen LogP contribution >= 0.6 is 0 Å². The first-order valence-corrected chi connectivity index (χ1v) is 7.05. The molecule has 2 aliphatic rings.